The minimum atomic E-state index is 0.613. The maximum absolute atomic E-state index is 5.37. The lowest BCUT2D eigenvalue weighted by Gasteiger charge is -2.31. The molecule has 1 aromatic carbocycles. The van der Waals surface area contributed by atoms with Gasteiger partial charge in [-0.3, -0.25) is 0 Å². The largest absolute Gasteiger partial charge is 0.358 e. The minimum Gasteiger partial charge on any atom is -0.358 e. The van der Waals surface area contributed by atoms with Crippen LogP contribution in [0.25, 0.3) is 0 Å². The van der Waals surface area contributed by atoms with E-state index in [0.717, 1.165) is 30.5 Å². The lowest BCUT2D eigenvalue weighted by Crippen LogP contribution is -2.34. The number of benzene rings is 1. The SMILES string of the molecule is Cc1ccc(CNC(=S)Nc2ccc(N3CCC[C@H](C)C3)nc2)cc1. The second-order valence-electron chi connectivity index (χ2n) is 6.89. The molecule has 1 aliphatic heterocycles. The third kappa shape index (κ3) is 5.16. The molecular formula is C20H26N4S. The van der Waals surface area contributed by atoms with Gasteiger partial charge in [0.05, 0.1) is 11.9 Å². The third-order valence-electron chi connectivity index (χ3n) is 4.56. The van der Waals surface area contributed by atoms with Crippen LogP contribution < -0.4 is 15.5 Å². The van der Waals surface area contributed by atoms with E-state index >= 15 is 0 Å². The number of anilines is 2. The van der Waals surface area contributed by atoms with Gasteiger partial charge in [0.2, 0.25) is 0 Å². The van der Waals surface area contributed by atoms with E-state index in [1.165, 1.54) is 24.0 Å². The van der Waals surface area contributed by atoms with E-state index in [1.54, 1.807) is 0 Å². The molecule has 0 bridgehead atoms. The minimum absolute atomic E-state index is 0.613. The molecule has 0 amide bonds. The van der Waals surface area contributed by atoms with Crippen LogP contribution in [-0.4, -0.2) is 23.2 Å². The molecule has 132 valence electrons. The van der Waals surface area contributed by atoms with Gasteiger partial charge < -0.3 is 15.5 Å². The van der Waals surface area contributed by atoms with E-state index in [4.69, 9.17) is 12.2 Å². The molecular weight excluding hydrogens is 328 g/mol. The average molecular weight is 355 g/mol. The number of nitrogens with one attached hydrogen (secondary N) is 2. The topological polar surface area (TPSA) is 40.2 Å². The summed E-state index contributed by atoms with van der Waals surface area (Å²) in [4.78, 5) is 6.96. The molecule has 0 aliphatic carbocycles. The highest BCUT2D eigenvalue weighted by Gasteiger charge is 2.17. The molecule has 2 N–H and O–H groups in total. The predicted molar refractivity (Wildman–Crippen MR) is 109 cm³/mol. The zero-order chi connectivity index (χ0) is 17.6. The number of thiocarbonyl (C=S) groups is 1. The van der Waals surface area contributed by atoms with E-state index in [9.17, 15) is 0 Å². The van der Waals surface area contributed by atoms with Crippen LogP contribution in [-0.2, 0) is 6.54 Å². The van der Waals surface area contributed by atoms with Gasteiger partial charge in [0.1, 0.15) is 5.82 Å². The molecule has 0 saturated carbocycles. The first-order chi connectivity index (χ1) is 12.1. The highest BCUT2D eigenvalue weighted by atomic mass is 32.1. The fourth-order valence-corrected chi connectivity index (χ4v) is 3.30. The summed E-state index contributed by atoms with van der Waals surface area (Å²) in [6.07, 6.45) is 4.42. The van der Waals surface area contributed by atoms with Gasteiger partial charge in [-0.2, -0.15) is 0 Å². The summed E-state index contributed by atoms with van der Waals surface area (Å²) >= 11 is 5.37. The van der Waals surface area contributed by atoms with E-state index < -0.39 is 0 Å². The van der Waals surface area contributed by atoms with E-state index in [2.05, 4.69) is 64.7 Å². The standard InChI is InChI=1S/C20H26N4S/c1-15-5-7-17(8-6-15)12-22-20(25)23-18-9-10-19(21-13-18)24-11-3-4-16(2)14-24/h5-10,13,16H,3-4,11-12,14H2,1-2H3,(H2,22,23,25)/t16-/m0/s1. The van der Waals surface area contributed by atoms with Crippen LogP contribution in [0.15, 0.2) is 42.6 Å². The zero-order valence-electron chi connectivity index (χ0n) is 15.0. The van der Waals surface area contributed by atoms with Crippen molar-refractivity contribution in [1.82, 2.24) is 10.3 Å². The van der Waals surface area contributed by atoms with Gasteiger partial charge in [-0.1, -0.05) is 36.8 Å². The molecule has 2 aromatic rings. The summed E-state index contributed by atoms with van der Waals surface area (Å²) in [7, 11) is 0. The number of aryl methyl sites for hydroxylation is 1. The Kier molecular flexibility index (Phi) is 5.87. The van der Waals surface area contributed by atoms with Gasteiger partial charge in [0.25, 0.3) is 0 Å². The van der Waals surface area contributed by atoms with Crippen molar-refractivity contribution in [2.75, 3.05) is 23.3 Å². The molecule has 0 spiro atoms. The van der Waals surface area contributed by atoms with E-state index in [1.807, 2.05) is 12.3 Å². The van der Waals surface area contributed by atoms with Crippen LogP contribution in [0.2, 0.25) is 0 Å². The van der Waals surface area contributed by atoms with Crippen LogP contribution in [0.5, 0.6) is 0 Å². The number of hydrogen-bond acceptors (Lipinski definition) is 3. The van der Waals surface area contributed by atoms with Gasteiger partial charge in [-0.25, -0.2) is 4.98 Å². The summed E-state index contributed by atoms with van der Waals surface area (Å²) in [5, 5.41) is 7.05. The fraction of sp³-hybridized carbons (Fsp3) is 0.400. The van der Waals surface area contributed by atoms with Gasteiger partial charge in [-0.05, 0) is 55.6 Å². The number of pyridine rings is 1. The molecule has 1 atom stereocenters. The normalized spacial score (nSPS) is 17.2. The van der Waals surface area contributed by atoms with Crippen molar-refractivity contribution < 1.29 is 0 Å². The molecule has 1 fully saturated rings. The van der Waals surface area contributed by atoms with Gasteiger partial charge in [0, 0.05) is 19.6 Å². The maximum Gasteiger partial charge on any atom is 0.171 e. The first-order valence-electron chi connectivity index (χ1n) is 8.91. The third-order valence-corrected chi connectivity index (χ3v) is 4.81. The Morgan fingerprint density at radius 1 is 1.24 bits per heavy atom. The Bertz CT molecular complexity index is 697. The van der Waals surface area contributed by atoms with Crippen molar-refractivity contribution in [2.24, 2.45) is 5.92 Å². The second kappa shape index (κ2) is 8.30. The summed E-state index contributed by atoms with van der Waals surface area (Å²) in [6.45, 7) is 7.30. The smallest absolute Gasteiger partial charge is 0.171 e. The lowest BCUT2D eigenvalue weighted by atomic mass is 10.0. The lowest BCUT2D eigenvalue weighted by molar-refractivity contribution is 0.444. The van der Waals surface area contributed by atoms with Crippen molar-refractivity contribution in [2.45, 2.75) is 33.2 Å². The monoisotopic (exact) mass is 354 g/mol. The second-order valence-corrected chi connectivity index (χ2v) is 7.30. The predicted octanol–water partition coefficient (Wildman–Crippen LogP) is 4.11. The average Bonchev–Trinajstić information content (AvgIpc) is 2.62. The van der Waals surface area contributed by atoms with Crippen LogP contribution in [0.1, 0.15) is 30.9 Å². The van der Waals surface area contributed by atoms with E-state index in [0.29, 0.717) is 11.7 Å². The van der Waals surface area contributed by atoms with Crippen molar-refractivity contribution in [3.05, 3.63) is 53.7 Å². The van der Waals surface area contributed by atoms with Crippen molar-refractivity contribution in [3.63, 3.8) is 0 Å². The molecule has 0 unspecified atom stereocenters. The van der Waals surface area contributed by atoms with Crippen molar-refractivity contribution >= 4 is 28.8 Å². The first-order valence-corrected chi connectivity index (χ1v) is 9.32. The quantitative estimate of drug-likeness (QED) is 0.809. The number of piperidine rings is 1. The molecule has 1 saturated heterocycles. The summed E-state index contributed by atoms with van der Waals surface area (Å²) in [5.74, 6) is 1.79. The summed E-state index contributed by atoms with van der Waals surface area (Å²) < 4.78 is 0. The van der Waals surface area contributed by atoms with Crippen molar-refractivity contribution in [3.8, 4) is 0 Å². The maximum atomic E-state index is 5.37. The number of nitrogens with zero attached hydrogens (tertiary/aromatic N) is 2. The Morgan fingerprint density at radius 3 is 2.72 bits per heavy atom. The summed E-state index contributed by atoms with van der Waals surface area (Å²) in [6, 6.07) is 12.6. The van der Waals surface area contributed by atoms with Gasteiger partial charge in [-0.15, -0.1) is 0 Å². The number of rotatable bonds is 4. The van der Waals surface area contributed by atoms with Gasteiger partial charge >= 0.3 is 0 Å². The van der Waals surface area contributed by atoms with Crippen LogP contribution in [0.3, 0.4) is 0 Å². The number of aromatic nitrogens is 1. The Labute approximate surface area is 155 Å². The Morgan fingerprint density at radius 2 is 2.04 bits per heavy atom. The molecule has 3 rings (SSSR count). The van der Waals surface area contributed by atoms with Crippen LogP contribution >= 0.6 is 12.2 Å². The summed E-state index contributed by atoms with van der Waals surface area (Å²) in [5.41, 5.74) is 3.39. The number of hydrogen-bond donors (Lipinski definition) is 2. The Balaban J connectivity index is 1.50. The highest BCUT2D eigenvalue weighted by molar-refractivity contribution is 7.80. The molecule has 1 aromatic heterocycles. The molecule has 4 nitrogen and oxygen atoms in total. The van der Waals surface area contributed by atoms with Crippen molar-refractivity contribution in [1.29, 1.82) is 0 Å². The highest BCUT2D eigenvalue weighted by Crippen LogP contribution is 2.22. The zero-order valence-corrected chi connectivity index (χ0v) is 15.8. The first kappa shape index (κ1) is 17.7. The van der Waals surface area contributed by atoms with Crippen LogP contribution in [0.4, 0.5) is 11.5 Å². The molecule has 0 radical (unpaired) electrons. The molecule has 1 aliphatic rings. The van der Waals surface area contributed by atoms with E-state index in [-0.39, 0.29) is 0 Å². The van der Waals surface area contributed by atoms with Crippen LogP contribution in [0, 0.1) is 12.8 Å². The molecule has 5 heteroatoms. The van der Waals surface area contributed by atoms with Gasteiger partial charge in [0.15, 0.2) is 5.11 Å². The Hall–Kier alpha value is -2.14. The molecule has 25 heavy (non-hydrogen) atoms. The molecule has 2 heterocycles. The fourth-order valence-electron chi connectivity index (χ4n) is 3.11.